The number of aliphatic imine (C=N–C) groups is 1. The molecule has 1 aliphatic heterocycles. The van der Waals surface area contributed by atoms with Crippen molar-refractivity contribution in [3.63, 3.8) is 0 Å². The lowest BCUT2D eigenvalue weighted by atomic mass is 10.1. The highest BCUT2D eigenvalue weighted by Gasteiger charge is 2.28. The summed E-state index contributed by atoms with van der Waals surface area (Å²) in [5.41, 5.74) is 9.77. The third kappa shape index (κ3) is 5.35. The van der Waals surface area contributed by atoms with Gasteiger partial charge in [-0.05, 0) is 42.2 Å². The SMILES string of the molecule is CCc1cccc(NC(N)=NCCS(=O)(=O)N2CCc3ccccc32)c1.I. The molecule has 3 N–H and O–H groups in total. The molecule has 6 nitrogen and oxygen atoms in total. The maximum Gasteiger partial charge on any atom is 0.237 e. The molecule has 0 fully saturated rings. The molecule has 2 aromatic carbocycles. The van der Waals surface area contributed by atoms with E-state index in [4.69, 9.17) is 5.73 Å². The van der Waals surface area contributed by atoms with Gasteiger partial charge in [-0.15, -0.1) is 24.0 Å². The Morgan fingerprint density at radius 3 is 2.78 bits per heavy atom. The first kappa shape index (κ1) is 21.5. The van der Waals surface area contributed by atoms with E-state index in [1.54, 1.807) is 0 Å². The molecule has 0 saturated carbocycles. The van der Waals surface area contributed by atoms with Crippen molar-refractivity contribution in [2.45, 2.75) is 19.8 Å². The summed E-state index contributed by atoms with van der Waals surface area (Å²) in [5.74, 6) is 0.147. The van der Waals surface area contributed by atoms with E-state index < -0.39 is 10.0 Å². The first-order valence-electron chi connectivity index (χ1n) is 8.74. The number of aryl methyl sites for hydroxylation is 1. The van der Waals surface area contributed by atoms with Crippen LogP contribution in [0.25, 0.3) is 0 Å². The first-order chi connectivity index (χ1) is 12.5. The van der Waals surface area contributed by atoms with Crippen molar-refractivity contribution in [3.05, 3.63) is 59.7 Å². The van der Waals surface area contributed by atoms with Gasteiger partial charge in [0.1, 0.15) is 0 Å². The summed E-state index contributed by atoms with van der Waals surface area (Å²) in [6, 6.07) is 15.5. The average molecular weight is 500 g/mol. The fourth-order valence-corrected chi connectivity index (χ4v) is 4.43. The summed E-state index contributed by atoms with van der Waals surface area (Å²) in [4.78, 5) is 4.16. The van der Waals surface area contributed by atoms with Gasteiger partial charge in [-0.25, -0.2) is 8.42 Å². The Balaban J connectivity index is 0.00000261. The van der Waals surface area contributed by atoms with Gasteiger partial charge >= 0.3 is 0 Å². The molecule has 0 amide bonds. The molecule has 1 heterocycles. The lowest BCUT2D eigenvalue weighted by Gasteiger charge is -2.18. The van der Waals surface area contributed by atoms with Crippen LogP contribution in [0.5, 0.6) is 0 Å². The van der Waals surface area contributed by atoms with Crippen molar-refractivity contribution in [1.29, 1.82) is 0 Å². The molecule has 0 aliphatic carbocycles. The number of sulfonamides is 1. The number of nitrogens with two attached hydrogens (primary N) is 1. The van der Waals surface area contributed by atoms with Crippen LogP contribution < -0.4 is 15.4 Å². The van der Waals surface area contributed by atoms with E-state index in [1.807, 2.05) is 48.5 Å². The second-order valence-corrected chi connectivity index (χ2v) is 8.23. The third-order valence-electron chi connectivity index (χ3n) is 4.42. The largest absolute Gasteiger partial charge is 0.370 e. The molecule has 1 aliphatic rings. The van der Waals surface area contributed by atoms with Crippen LogP contribution in [0.3, 0.4) is 0 Å². The quantitative estimate of drug-likeness (QED) is 0.363. The minimum absolute atomic E-state index is 0. The molecule has 2 aromatic rings. The predicted octanol–water partition coefficient (Wildman–Crippen LogP) is 2.99. The summed E-state index contributed by atoms with van der Waals surface area (Å²) in [6.07, 6.45) is 1.68. The molecule has 0 saturated heterocycles. The van der Waals surface area contributed by atoms with Crippen LogP contribution in [-0.2, 0) is 22.9 Å². The zero-order valence-corrected chi connectivity index (χ0v) is 18.4. The standard InChI is InChI=1S/C19H24N4O2S.HI/c1-2-15-6-5-8-17(14-15)22-19(20)21-11-13-26(24,25)23-12-10-16-7-3-4-9-18(16)23;/h3-9,14H,2,10-13H2,1H3,(H3,20,21,22);1H. The van der Waals surface area contributed by atoms with Crippen molar-refractivity contribution in [2.24, 2.45) is 10.7 Å². The van der Waals surface area contributed by atoms with Gasteiger partial charge in [-0.3, -0.25) is 9.30 Å². The molecule has 0 bridgehead atoms. The lowest BCUT2D eigenvalue weighted by Crippen LogP contribution is -2.33. The maximum atomic E-state index is 12.6. The van der Waals surface area contributed by atoms with Gasteiger partial charge in [0, 0.05) is 12.2 Å². The van der Waals surface area contributed by atoms with E-state index in [0.717, 1.165) is 29.8 Å². The van der Waals surface area contributed by atoms with Gasteiger partial charge in [0.15, 0.2) is 5.96 Å². The number of benzene rings is 2. The number of hydrogen-bond donors (Lipinski definition) is 2. The highest BCUT2D eigenvalue weighted by Crippen LogP contribution is 2.29. The zero-order valence-electron chi connectivity index (χ0n) is 15.3. The Labute approximate surface area is 177 Å². The number of nitrogens with zero attached hydrogens (tertiary/aromatic N) is 2. The summed E-state index contributed by atoms with van der Waals surface area (Å²) in [7, 11) is -3.41. The summed E-state index contributed by atoms with van der Waals surface area (Å²) in [5, 5.41) is 3.01. The molecule has 0 spiro atoms. The van der Waals surface area contributed by atoms with Gasteiger partial charge in [0.2, 0.25) is 10.0 Å². The Morgan fingerprint density at radius 1 is 1.22 bits per heavy atom. The van der Waals surface area contributed by atoms with Crippen molar-refractivity contribution in [1.82, 2.24) is 0 Å². The van der Waals surface area contributed by atoms with Crippen molar-refractivity contribution >= 4 is 51.3 Å². The van der Waals surface area contributed by atoms with Crippen LogP contribution in [0.4, 0.5) is 11.4 Å². The fraction of sp³-hybridized carbons (Fsp3) is 0.316. The molecule has 27 heavy (non-hydrogen) atoms. The number of nitrogens with one attached hydrogen (secondary N) is 1. The van der Waals surface area contributed by atoms with Crippen LogP contribution in [0.1, 0.15) is 18.1 Å². The van der Waals surface area contributed by atoms with E-state index in [-0.39, 0.29) is 42.2 Å². The molecule has 0 unspecified atom stereocenters. The first-order valence-corrected chi connectivity index (χ1v) is 10.3. The Hall–Kier alpha value is -1.81. The summed E-state index contributed by atoms with van der Waals surface area (Å²) >= 11 is 0. The molecular formula is C19H25IN4O2S. The number of fused-ring (bicyclic) bond motifs is 1. The summed E-state index contributed by atoms with van der Waals surface area (Å²) in [6.45, 7) is 2.69. The highest BCUT2D eigenvalue weighted by atomic mass is 127. The zero-order chi connectivity index (χ0) is 18.6. The van der Waals surface area contributed by atoms with Crippen molar-refractivity contribution in [2.75, 3.05) is 28.5 Å². The third-order valence-corrected chi connectivity index (χ3v) is 6.17. The fourth-order valence-electron chi connectivity index (χ4n) is 3.04. The molecule has 146 valence electrons. The molecule has 8 heteroatoms. The average Bonchev–Trinajstić information content (AvgIpc) is 3.06. The minimum atomic E-state index is -3.41. The molecule has 3 rings (SSSR count). The van der Waals surface area contributed by atoms with Gasteiger partial charge in [-0.2, -0.15) is 0 Å². The summed E-state index contributed by atoms with van der Waals surface area (Å²) < 4.78 is 26.7. The number of rotatable bonds is 6. The van der Waals surface area contributed by atoms with Crippen LogP contribution in [-0.4, -0.2) is 33.2 Å². The van der Waals surface area contributed by atoms with Crippen molar-refractivity contribution < 1.29 is 8.42 Å². The predicted molar refractivity (Wildman–Crippen MR) is 123 cm³/mol. The Morgan fingerprint density at radius 2 is 2.00 bits per heavy atom. The van der Waals surface area contributed by atoms with E-state index in [2.05, 4.69) is 17.2 Å². The smallest absolute Gasteiger partial charge is 0.237 e. The van der Waals surface area contributed by atoms with Gasteiger partial charge in [0.05, 0.1) is 18.0 Å². The van der Waals surface area contributed by atoms with E-state index >= 15 is 0 Å². The lowest BCUT2D eigenvalue weighted by molar-refractivity contribution is 0.592. The van der Waals surface area contributed by atoms with E-state index in [1.165, 1.54) is 9.87 Å². The Kier molecular flexibility index (Phi) is 7.49. The van der Waals surface area contributed by atoms with E-state index in [9.17, 15) is 8.42 Å². The number of anilines is 2. The van der Waals surface area contributed by atoms with Crippen molar-refractivity contribution in [3.8, 4) is 0 Å². The number of halogens is 1. The second-order valence-electron chi connectivity index (χ2n) is 6.21. The Bertz CT molecular complexity index is 915. The van der Waals surface area contributed by atoms with Crippen LogP contribution in [0.15, 0.2) is 53.5 Å². The maximum absolute atomic E-state index is 12.6. The highest BCUT2D eigenvalue weighted by molar-refractivity contribution is 14.0. The molecule has 0 atom stereocenters. The normalized spacial score (nSPS) is 13.8. The number of guanidine groups is 1. The monoisotopic (exact) mass is 500 g/mol. The van der Waals surface area contributed by atoms with Gasteiger partial charge in [0.25, 0.3) is 0 Å². The van der Waals surface area contributed by atoms with Gasteiger partial charge < -0.3 is 11.1 Å². The molecular weight excluding hydrogens is 475 g/mol. The topological polar surface area (TPSA) is 87.8 Å². The molecule has 0 aromatic heterocycles. The molecule has 0 radical (unpaired) electrons. The second kappa shape index (κ2) is 9.41. The minimum Gasteiger partial charge on any atom is -0.370 e. The van der Waals surface area contributed by atoms with Gasteiger partial charge in [-0.1, -0.05) is 37.3 Å². The van der Waals surface area contributed by atoms with Crippen LogP contribution in [0, 0.1) is 0 Å². The van der Waals surface area contributed by atoms with Crippen LogP contribution >= 0.6 is 24.0 Å². The van der Waals surface area contributed by atoms with E-state index in [0.29, 0.717) is 6.54 Å². The van der Waals surface area contributed by atoms with Crippen LogP contribution in [0.2, 0.25) is 0 Å². The number of hydrogen-bond acceptors (Lipinski definition) is 3. The number of para-hydroxylation sites is 1.